The zero-order chi connectivity index (χ0) is 26.5. The summed E-state index contributed by atoms with van der Waals surface area (Å²) < 4.78 is 15.8. The Labute approximate surface area is 219 Å². The summed E-state index contributed by atoms with van der Waals surface area (Å²) in [7, 11) is 3.00. The number of aromatic nitrogens is 2. The number of carbonyl (C=O) groups excluding carboxylic acids is 2. The Morgan fingerprint density at radius 1 is 0.632 bits per heavy atom. The molecule has 1 heterocycles. The van der Waals surface area contributed by atoms with Gasteiger partial charge in [0.25, 0.3) is 0 Å². The van der Waals surface area contributed by atoms with Gasteiger partial charge in [0, 0.05) is 16.7 Å². The van der Waals surface area contributed by atoms with Crippen molar-refractivity contribution >= 4 is 22.8 Å². The topological polar surface area (TPSA) is 87.6 Å². The van der Waals surface area contributed by atoms with Gasteiger partial charge in [0.1, 0.15) is 0 Å². The van der Waals surface area contributed by atoms with Crippen molar-refractivity contribution in [3.05, 3.63) is 108 Å². The summed E-state index contributed by atoms with van der Waals surface area (Å²) in [4.78, 5) is 35.2. The molecule has 5 rings (SSSR count). The van der Waals surface area contributed by atoms with E-state index in [1.54, 1.807) is 36.4 Å². The van der Waals surface area contributed by atoms with E-state index in [9.17, 15) is 9.59 Å². The minimum absolute atomic E-state index is 0.276. The predicted octanol–water partition coefficient (Wildman–Crippen LogP) is 6.02. The molecular formula is C31H24N2O5. The number of ether oxygens (including phenoxy) is 3. The first-order valence-electron chi connectivity index (χ1n) is 11.9. The van der Waals surface area contributed by atoms with Crippen LogP contribution in [0.15, 0.2) is 97.1 Å². The van der Waals surface area contributed by atoms with Crippen molar-refractivity contribution in [3.8, 4) is 34.0 Å². The molecule has 5 aromatic rings. The molecule has 0 aliphatic heterocycles. The van der Waals surface area contributed by atoms with Crippen molar-refractivity contribution in [1.82, 2.24) is 9.97 Å². The zero-order valence-corrected chi connectivity index (χ0v) is 20.9. The van der Waals surface area contributed by atoms with Gasteiger partial charge in [-0.05, 0) is 36.4 Å². The molecule has 0 aliphatic rings. The van der Waals surface area contributed by atoms with Crippen molar-refractivity contribution in [2.75, 3.05) is 20.8 Å². The van der Waals surface area contributed by atoms with Gasteiger partial charge in [-0.3, -0.25) is 4.79 Å². The molecule has 0 bridgehead atoms. The summed E-state index contributed by atoms with van der Waals surface area (Å²) in [6.45, 7) is -0.416. The standard InChI is InChI=1S/C31H24N2O5/c1-36-27-16-14-22(18-28(27)37-2)26(34)19-38-31(35)23-13-15-24-25(17-23)33-30(21-11-7-4-8-12-21)29(32-24)20-9-5-3-6-10-20/h3-18H,19H2,1-2H3. The molecule has 7 nitrogen and oxygen atoms in total. The van der Waals surface area contributed by atoms with Crippen molar-refractivity contribution in [2.24, 2.45) is 0 Å². The summed E-state index contributed by atoms with van der Waals surface area (Å²) in [5.74, 6) is -0.0693. The van der Waals surface area contributed by atoms with Gasteiger partial charge in [-0.2, -0.15) is 0 Å². The zero-order valence-electron chi connectivity index (χ0n) is 20.9. The highest BCUT2D eigenvalue weighted by molar-refractivity contribution is 6.00. The lowest BCUT2D eigenvalue weighted by molar-refractivity contribution is 0.0475. The molecule has 0 N–H and O–H groups in total. The lowest BCUT2D eigenvalue weighted by Crippen LogP contribution is -2.14. The lowest BCUT2D eigenvalue weighted by atomic mass is 10.0. The maximum absolute atomic E-state index is 12.8. The van der Waals surface area contributed by atoms with Crippen LogP contribution in [0.4, 0.5) is 0 Å². The molecule has 38 heavy (non-hydrogen) atoms. The van der Waals surface area contributed by atoms with Crippen LogP contribution in [0.2, 0.25) is 0 Å². The molecular weight excluding hydrogens is 480 g/mol. The quantitative estimate of drug-likeness (QED) is 0.189. The fourth-order valence-corrected chi connectivity index (χ4v) is 4.08. The van der Waals surface area contributed by atoms with Crippen LogP contribution < -0.4 is 9.47 Å². The number of Topliss-reactive ketones (excluding diaryl/α,β-unsaturated/α-hetero) is 1. The van der Waals surface area contributed by atoms with E-state index < -0.39 is 12.6 Å². The Balaban J connectivity index is 1.42. The molecule has 0 aliphatic carbocycles. The van der Waals surface area contributed by atoms with Gasteiger partial charge in [0.15, 0.2) is 23.9 Å². The fourth-order valence-electron chi connectivity index (χ4n) is 4.08. The minimum Gasteiger partial charge on any atom is -0.493 e. The van der Waals surface area contributed by atoms with Crippen molar-refractivity contribution < 1.29 is 23.8 Å². The number of ketones is 1. The number of carbonyl (C=O) groups is 2. The fraction of sp³-hybridized carbons (Fsp3) is 0.0968. The van der Waals surface area contributed by atoms with E-state index in [-0.39, 0.29) is 11.3 Å². The molecule has 188 valence electrons. The van der Waals surface area contributed by atoms with Crippen LogP contribution in [-0.2, 0) is 4.74 Å². The van der Waals surface area contributed by atoms with E-state index in [4.69, 9.17) is 24.2 Å². The second-order valence-electron chi connectivity index (χ2n) is 8.43. The van der Waals surface area contributed by atoms with Crippen LogP contribution in [0.1, 0.15) is 20.7 Å². The number of hydrogen-bond donors (Lipinski definition) is 0. The highest BCUT2D eigenvalue weighted by atomic mass is 16.5. The Morgan fingerprint density at radius 3 is 1.82 bits per heavy atom. The van der Waals surface area contributed by atoms with Crippen LogP contribution in [0, 0.1) is 0 Å². The van der Waals surface area contributed by atoms with E-state index in [0.29, 0.717) is 33.8 Å². The maximum Gasteiger partial charge on any atom is 0.338 e. The summed E-state index contributed by atoms with van der Waals surface area (Å²) in [5.41, 5.74) is 5.12. The predicted molar refractivity (Wildman–Crippen MR) is 145 cm³/mol. The molecule has 0 fully saturated rings. The maximum atomic E-state index is 12.8. The minimum atomic E-state index is -0.629. The van der Waals surface area contributed by atoms with Crippen LogP contribution in [-0.4, -0.2) is 42.5 Å². The molecule has 0 atom stereocenters. The summed E-state index contributed by atoms with van der Waals surface area (Å²) in [5, 5.41) is 0. The Morgan fingerprint density at radius 2 is 1.21 bits per heavy atom. The highest BCUT2D eigenvalue weighted by Crippen LogP contribution is 2.31. The third-order valence-electron chi connectivity index (χ3n) is 6.03. The van der Waals surface area contributed by atoms with Crippen molar-refractivity contribution in [3.63, 3.8) is 0 Å². The van der Waals surface area contributed by atoms with Gasteiger partial charge in [-0.15, -0.1) is 0 Å². The summed E-state index contributed by atoms with van der Waals surface area (Å²) >= 11 is 0. The van der Waals surface area contributed by atoms with Gasteiger partial charge < -0.3 is 14.2 Å². The average Bonchev–Trinajstić information content (AvgIpc) is 2.99. The molecule has 0 saturated carbocycles. The monoisotopic (exact) mass is 504 g/mol. The number of esters is 1. The smallest absolute Gasteiger partial charge is 0.338 e. The molecule has 4 aromatic carbocycles. The largest absolute Gasteiger partial charge is 0.493 e. The first kappa shape index (κ1) is 24.6. The molecule has 0 amide bonds. The molecule has 0 unspecified atom stereocenters. The Kier molecular flexibility index (Phi) is 7.08. The summed E-state index contributed by atoms with van der Waals surface area (Å²) in [6, 6.07) is 29.4. The third-order valence-corrected chi connectivity index (χ3v) is 6.03. The van der Waals surface area contributed by atoms with E-state index in [1.165, 1.54) is 14.2 Å². The van der Waals surface area contributed by atoms with E-state index >= 15 is 0 Å². The normalized spacial score (nSPS) is 10.7. The molecule has 0 radical (unpaired) electrons. The summed E-state index contributed by atoms with van der Waals surface area (Å²) in [6.07, 6.45) is 0. The van der Waals surface area contributed by atoms with Gasteiger partial charge >= 0.3 is 5.97 Å². The van der Waals surface area contributed by atoms with Crippen LogP contribution in [0.5, 0.6) is 11.5 Å². The number of methoxy groups -OCH3 is 2. The van der Waals surface area contributed by atoms with Crippen molar-refractivity contribution in [2.45, 2.75) is 0 Å². The van der Waals surface area contributed by atoms with Gasteiger partial charge in [-0.1, -0.05) is 60.7 Å². The lowest BCUT2D eigenvalue weighted by Gasteiger charge is -2.11. The molecule has 7 heteroatoms. The average molecular weight is 505 g/mol. The third kappa shape index (κ3) is 5.08. The second-order valence-corrected chi connectivity index (χ2v) is 8.43. The Hall–Kier alpha value is -5.04. The SMILES string of the molecule is COc1ccc(C(=O)COC(=O)c2ccc3nc(-c4ccccc4)c(-c4ccccc4)nc3c2)cc1OC. The number of fused-ring (bicyclic) bond motifs is 1. The van der Waals surface area contributed by atoms with Crippen LogP contribution in [0.3, 0.4) is 0 Å². The first-order valence-corrected chi connectivity index (χ1v) is 11.9. The molecule has 1 aromatic heterocycles. The van der Waals surface area contributed by atoms with E-state index in [0.717, 1.165) is 16.8 Å². The van der Waals surface area contributed by atoms with Gasteiger partial charge in [0.2, 0.25) is 0 Å². The van der Waals surface area contributed by atoms with Gasteiger partial charge in [-0.25, -0.2) is 14.8 Å². The Bertz CT molecular complexity index is 1620. The number of rotatable bonds is 8. The van der Waals surface area contributed by atoms with E-state index in [1.807, 2.05) is 60.7 Å². The van der Waals surface area contributed by atoms with Crippen molar-refractivity contribution in [1.29, 1.82) is 0 Å². The van der Waals surface area contributed by atoms with Crippen LogP contribution in [0.25, 0.3) is 33.5 Å². The number of nitrogens with zero attached hydrogens (tertiary/aromatic N) is 2. The number of benzene rings is 4. The molecule has 0 saturated heterocycles. The van der Waals surface area contributed by atoms with Crippen LogP contribution >= 0.6 is 0 Å². The number of hydrogen-bond acceptors (Lipinski definition) is 7. The second kappa shape index (κ2) is 10.9. The first-order chi connectivity index (χ1) is 18.6. The van der Waals surface area contributed by atoms with E-state index in [2.05, 4.69) is 0 Å². The highest BCUT2D eigenvalue weighted by Gasteiger charge is 2.17. The molecule has 0 spiro atoms. The van der Waals surface area contributed by atoms with Gasteiger partial charge in [0.05, 0.1) is 42.2 Å².